The van der Waals surface area contributed by atoms with Gasteiger partial charge in [-0.15, -0.1) is 11.6 Å². The van der Waals surface area contributed by atoms with E-state index in [1.807, 2.05) is 13.8 Å². The first-order valence-corrected chi connectivity index (χ1v) is 4.08. The van der Waals surface area contributed by atoms with Gasteiger partial charge in [0, 0.05) is 0 Å². The zero-order chi connectivity index (χ0) is 8.65. The summed E-state index contributed by atoms with van der Waals surface area (Å²) in [5.74, 6) is -0.0370. The SMILES string of the molecule is CC1OC(C)(C)N(CCl)C1=O. The Hall–Kier alpha value is -0.280. The van der Waals surface area contributed by atoms with Gasteiger partial charge in [-0.3, -0.25) is 9.69 Å². The van der Waals surface area contributed by atoms with Crippen molar-refractivity contribution in [3.05, 3.63) is 0 Å². The number of carbonyl (C=O) groups excluding carboxylic acids is 1. The Bertz CT molecular complexity index is 181. The first-order chi connectivity index (χ1) is 4.99. The van der Waals surface area contributed by atoms with E-state index in [2.05, 4.69) is 0 Å². The van der Waals surface area contributed by atoms with Gasteiger partial charge in [0.1, 0.15) is 11.8 Å². The predicted molar refractivity (Wildman–Crippen MR) is 42.2 cm³/mol. The van der Waals surface area contributed by atoms with Crippen molar-refractivity contribution < 1.29 is 9.53 Å². The van der Waals surface area contributed by atoms with Crippen molar-refractivity contribution >= 4 is 17.5 Å². The van der Waals surface area contributed by atoms with E-state index in [9.17, 15) is 4.79 Å². The minimum atomic E-state index is -0.543. The summed E-state index contributed by atoms with van der Waals surface area (Å²) in [5.41, 5.74) is -0.543. The maximum absolute atomic E-state index is 11.3. The Morgan fingerprint density at radius 1 is 1.73 bits per heavy atom. The first kappa shape index (κ1) is 8.81. The molecule has 64 valence electrons. The molecular weight excluding hydrogens is 166 g/mol. The molecule has 0 radical (unpaired) electrons. The van der Waals surface area contributed by atoms with Gasteiger partial charge in [0.25, 0.3) is 5.91 Å². The molecule has 1 amide bonds. The number of ether oxygens (including phenoxy) is 1. The molecule has 0 spiro atoms. The molecule has 0 saturated carbocycles. The van der Waals surface area contributed by atoms with Gasteiger partial charge in [0.05, 0.1) is 6.00 Å². The van der Waals surface area contributed by atoms with Crippen molar-refractivity contribution in [2.24, 2.45) is 0 Å². The molecule has 11 heavy (non-hydrogen) atoms. The lowest BCUT2D eigenvalue weighted by Gasteiger charge is -2.27. The number of carbonyl (C=O) groups is 1. The largest absolute Gasteiger partial charge is 0.343 e. The predicted octanol–water partition coefficient (Wildman–Crippen LogP) is 1.17. The quantitative estimate of drug-likeness (QED) is 0.445. The van der Waals surface area contributed by atoms with Crippen molar-refractivity contribution in [1.29, 1.82) is 0 Å². The van der Waals surface area contributed by atoms with E-state index in [1.165, 1.54) is 4.90 Å². The molecule has 1 atom stereocenters. The fourth-order valence-electron chi connectivity index (χ4n) is 1.23. The normalized spacial score (nSPS) is 29.6. The zero-order valence-corrected chi connectivity index (χ0v) is 7.68. The van der Waals surface area contributed by atoms with Crippen molar-refractivity contribution in [2.45, 2.75) is 32.6 Å². The second kappa shape index (κ2) is 2.64. The van der Waals surface area contributed by atoms with Crippen LogP contribution in [0.25, 0.3) is 0 Å². The van der Waals surface area contributed by atoms with Gasteiger partial charge >= 0.3 is 0 Å². The van der Waals surface area contributed by atoms with Gasteiger partial charge in [-0.25, -0.2) is 0 Å². The molecule has 1 aliphatic rings. The molecule has 1 rings (SSSR count). The first-order valence-electron chi connectivity index (χ1n) is 3.54. The molecular formula is C7H12ClNO2. The van der Waals surface area contributed by atoms with Crippen molar-refractivity contribution in [3.8, 4) is 0 Å². The lowest BCUT2D eigenvalue weighted by molar-refractivity contribution is -0.130. The fourth-order valence-corrected chi connectivity index (χ4v) is 1.64. The van der Waals surface area contributed by atoms with E-state index < -0.39 is 5.72 Å². The maximum atomic E-state index is 11.3. The fraction of sp³-hybridized carbons (Fsp3) is 0.857. The van der Waals surface area contributed by atoms with E-state index in [0.717, 1.165) is 0 Å². The average Bonchev–Trinajstić information content (AvgIpc) is 2.03. The van der Waals surface area contributed by atoms with Gasteiger partial charge in [0.2, 0.25) is 0 Å². The van der Waals surface area contributed by atoms with Crippen LogP contribution in [0, 0.1) is 0 Å². The van der Waals surface area contributed by atoms with Crippen LogP contribution >= 0.6 is 11.6 Å². The highest BCUT2D eigenvalue weighted by molar-refractivity contribution is 6.18. The minimum absolute atomic E-state index is 0.0370. The molecule has 3 nitrogen and oxygen atoms in total. The number of amides is 1. The van der Waals surface area contributed by atoms with Crippen LogP contribution in [-0.4, -0.2) is 28.6 Å². The molecule has 1 saturated heterocycles. The van der Waals surface area contributed by atoms with E-state index in [0.29, 0.717) is 0 Å². The lowest BCUT2D eigenvalue weighted by Crippen LogP contribution is -2.40. The van der Waals surface area contributed by atoms with E-state index in [4.69, 9.17) is 16.3 Å². The summed E-state index contributed by atoms with van der Waals surface area (Å²) in [4.78, 5) is 12.8. The average molecular weight is 178 g/mol. The number of hydrogen-bond acceptors (Lipinski definition) is 2. The standard InChI is InChI=1S/C7H12ClNO2/c1-5-6(10)9(4-8)7(2,3)11-5/h5H,4H2,1-3H3. The Morgan fingerprint density at radius 3 is 2.45 bits per heavy atom. The molecule has 0 aromatic rings. The summed E-state index contributed by atoms with van der Waals surface area (Å²) in [5, 5.41) is 0. The molecule has 0 aliphatic carbocycles. The van der Waals surface area contributed by atoms with Gasteiger partial charge in [0.15, 0.2) is 0 Å². The monoisotopic (exact) mass is 177 g/mol. The number of rotatable bonds is 1. The molecule has 4 heteroatoms. The van der Waals surface area contributed by atoms with Crippen LogP contribution in [0.2, 0.25) is 0 Å². The number of nitrogens with zero attached hydrogens (tertiary/aromatic N) is 1. The molecule has 1 fully saturated rings. The summed E-state index contributed by atoms with van der Waals surface area (Å²) < 4.78 is 5.36. The Balaban J connectivity index is 2.82. The highest BCUT2D eigenvalue weighted by atomic mass is 35.5. The topological polar surface area (TPSA) is 29.5 Å². The Morgan fingerprint density at radius 2 is 2.27 bits per heavy atom. The highest BCUT2D eigenvalue weighted by Crippen LogP contribution is 2.27. The van der Waals surface area contributed by atoms with Crippen LogP contribution in [0.15, 0.2) is 0 Å². The second-order valence-corrected chi connectivity index (χ2v) is 3.33. The van der Waals surface area contributed by atoms with Crippen molar-refractivity contribution in [2.75, 3.05) is 6.00 Å². The van der Waals surface area contributed by atoms with Crippen molar-refractivity contribution in [1.82, 2.24) is 4.90 Å². The molecule has 0 aromatic carbocycles. The third-order valence-electron chi connectivity index (χ3n) is 1.85. The third kappa shape index (κ3) is 1.35. The molecule has 0 N–H and O–H groups in total. The summed E-state index contributed by atoms with van der Waals surface area (Å²) in [6, 6.07) is 0.191. The lowest BCUT2D eigenvalue weighted by atomic mass is 10.3. The van der Waals surface area contributed by atoms with Crippen LogP contribution in [0.3, 0.4) is 0 Å². The number of hydrogen-bond donors (Lipinski definition) is 0. The summed E-state index contributed by atoms with van der Waals surface area (Å²) in [6.45, 7) is 5.39. The Labute approximate surface area is 71.3 Å². The summed E-state index contributed by atoms with van der Waals surface area (Å²) in [7, 11) is 0. The van der Waals surface area contributed by atoms with Gasteiger partial charge < -0.3 is 4.74 Å². The van der Waals surface area contributed by atoms with Crippen LogP contribution in [0.1, 0.15) is 20.8 Å². The highest BCUT2D eigenvalue weighted by Gasteiger charge is 2.43. The van der Waals surface area contributed by atoms with E-state index in [1.54, 1.807) is 6.92 Å². The van der Waals surface area contributed by atoms with E-state index >= 15 is 0 Å². The maximum Gasteiger partial charge on any atom is 0.254 e. The van der Waals surface area contributed by atoms with Gasteiger partial charge in [-0.1, -0.05) is 0 Å². The minimum Gasteiger partial charge on any atom is -0.343 e. The van der Waals surface area contributed by atoms with Crippen LogP contribution in [-0.2, 0) is 9.53 Å². The molecule has 1 heterocycles. The number of alkyl halides is 1. The summed E-state index contributed by atoms with van der Waals surface area (Å²) >= 11 is 5.58. The zero-order valence-electron chi connectivity index (χ0n) is 6.93. The Kier molecular flexibility index (Phi) is 2.12. The number of halogens is 1. The van der Waals surface area contributed by atoms with Crippen LogP contribution < -0.4 is 0 Å². The van der Waals surface area contributed by atoms with Gasteiger partial charge in [-0.05, 0) is 20.8 Å². The molecule has 1 unspecified atom stereocenters. The van der Waals surface area contributed by atoms with Crippen LogP contribution in [0.4, 0.5) is 0 Å². The molecule has 0 aromatic heterocycles. The third-order valence-corrected chi connectivity index (χ3v) is 2.09. The van der Waals surface area contributed by atoms with Crippen molar-refractivity contribution in [3.63, 3.8) is 0 Å². The van der Waals surface area contributed by atoms with Gasteiger partial charge in [-0.2, -0.15) is 0 Å². The van der Waals surface area contributed by atoms with Crippen LogP contribution in [0.5, 0.6) is 0 Å². The molecule has 0 bridgehead atoms. The smallest absolute Gasteiger partial charge is 0.254 e. The summed E-state index contributed by atoms with van der Waals surface area (Å²) in [6.07, 6.45) is -0.358. The second-order valence-electron chi connectivity index (χ2n) is 3.09. The molecule has 1 aliphatic heterocycles. The van der Waals surface area contributed by atoms with E-state index in [-0.39, 0.29) is 18.0 Å².